The lowest BCUT2D eigenvalue weighted by Crippen LogP contribution is -2.16. The van der Waals surface area contributed by atoms with Crippen LogP contribution in [0.25, 0.3) is 0 Å². The van der Waals surface area contributed by atoms with Gasteiger partial charge in [0.2, 0.25) is 0 Å². The van der Waals surface area contributed by atoms with E-state index >= 15 is 0 Å². The first-order valence-electron chi connectivity index (χ1n) is 6.08. The lowest BCUT2D eigenvalue weighted by Gasteiger charge is -2.13. The van der Waals surface area contributed by atoms with Gasteiger partial charge in [-0.25, -0.2) is 0 Å². The second-order valence-electron chi connectivity index (χ2n) is 4.31. The summed E-state index contributed by atoms with van der Waals surface area (Å²) >= 11 is 6.03. The maximum absolute atomic E-state index is 11.5. The first-order valence-corrected chi connectivity index (χ1v) is 6.45. The number of benzene rings is 1. The molecule has 0 aliphatic rings. The van der Waals surface area contributed by atoms with Crippen LogP contribution in [0, 0.1) is 0 Å². The second kappa shape index (κ2) is 6.39. The Kier molecular flexibility index (Phi) is 4.58. The monoisotopic (exact) mass is 291 g/mol. The lowest BCUT2D eigenvalue weighted by molar-refractivity contribution is -0.138. The van der Waals surface area contributed by atoms with Crippen molar-refractivity contribution in [3.8, 4) is 5.75 Å². The van der Waals surface area contributed by atoms with Crippen LogP contribution < -0.4 is 4.74 Å². The van der Waals surface area contributed by atoms with E-state index < -0.39 is 11.9 Å². The second-order valence-corrected chi connectivity index (χ2v) is 4.72. The molecule has 0 bridgehead atoms. The molecule has 1 aromatic carbocycles. The van der Waals surface area contributed by atoms with Gasteiger partial charge in [-0.3, -0.25) is 9.78 Å². The molecule has 0 fully saturated rings. The maximum atomic E-state index is 11.5. The normalized spacial score (nSPS) is 11.9. The Morgan fingerprint density at radius 3 is 2.60 bits per heavy atom. The fourth-order valence-corrected chi connectivity index (χ4v) is 2.21. The average molecular weight is 292 g/mol. The molecule has 0 radical (unpaired) electrons. The zero-order valence-electron chi connectivity index (χ0n) is 10.9. The van der Waals surface area contributed by atoms with Crippen molar-refractivity contribution in [3.63, 3.8) is 0 Å². The van der Waals surface area contributed by atoms with Crippen LogP contribution in [-0.4, -0.2) is 23.2 Å². The smallest absolute Gasteiger partial charge is 0.312 e. The lowest BCUT2D eigenvalue weighted by atomic mass is 9.95. The number of ether oxygens (including phenoxy) is 1. The number of aliphatic carboxylic acids is 1. The largest absolute Gasteiger partial charge is 0.497 e. The molecule has 5 heteroatoms. The van der Waals surface area contributed by atoms with Gasteiger partial charge in [-0.05, 0) is 36.2 Å². The minimum absolute atomic E-state index is 0.329. The highest BCUT2D eigenvalue weighted by molar-refractivity contribution is 6.31. The number of hydrogen-bond acceptors (Lipinski definition) is 3. The molecule has 1 aromatic heterocycles. The molecule has 4 nitrogen and oxygen atoms in total. The number of nitrogens with zero attached hydrogens (tertiary/aromatic N) is 1. The zero-order valence-corrected chi connectivity index (χ0v) is 11.7. The van der Waals surface area contributed by atoms with Crippen molar-refractivity contribution in [1.82, 2.24) is 4.98 Å². The van der Waals surface area contributed by atoms with E-state index in [0.717, 1.165) is 11.3 Å². The number of halogens is 1. The van der Waals surface area contributed by atoms with Gasteiger partial charge in [0.15, 0.2) is 0 Å². The SMILES string of the molecule is COc1ccc(CC(C(=O)O)c2ncccc2Cl)cc1. The van der Waals surface area contributed by atoms with E-state index in [1.807, 2.05) is 12.1 Å². The summed E-state index contributed by atoms with van der Waals surface area (Å²) in [5.41, 5.74) is 1.28. The number of rotatable bonds is 5. The van der Waals surface area contributed by atoms with Crippen molar-refractivity contribution >= 4 is 17.6 Å². The molecule has 0 amide bonds. The molecule has 0 aliphatic heterocycles. The van der Waals surface area contributed by atoms with Crippen molar-refractivity contribution in [2.24, 2.45) is 0 Å². The third-order valence-electron chi connectivity index (χ3n) is 3.01. The Labute approximate surface area is 122 Å². The Hall–Kier alpha value is -2.07. The summed E-state index contributed by atoms with van der Waals surface area (Å²) in [5.74, 6) is -0.977. The van der Waals surface area contributed by atoms with Crippen molar-refractivity contribution in [3.05, 3.63) is 58.9 Å². The predicted octanol–water partition coefficient (Wildman–Crippen LogP) is 3.15. The number of aromatic nitrogens is 1. The van der Waals surface area contributed by atoms with Crippen molar-refractivity contribution in [2.45, 2.75) is 12.3 Å². The van der Waals surface area contributed by atoms with Crippen LogP contribution in [0.4, 0.5) is 0 Å². The highest BCUT2D eigenvalue weighted by Gasteiger charge is 2.24. The van der Waals surface area contributed by atoms with Crippen molar-refractivity contribution in [1.29, 1.82) is 0 Å². The third-order valence-corrected chi connectivity index (χ3v) is 3.33. The third kappa shape index (κ3) is 3.27. The predicted molar refractivity (Wildman–Crippen MR) is 76.3 cm³/mol. The minimum Gasteiger partial charge on any atom is -0.497 e. The number of carboxylic acids is 1. The van der Waals surface area contributed by atoms with E-state index in [0.29, 0.717) is 17.1 Å². The Balaban J connectivity index is 2.26. The van der Waals surface area contributed by atoms with Crippen LogP contribution >= 0.6 is 11.6 Å². The Morgan fingerprint density at radius 2 is 2.05 bits per heavy atom. The van der Waals surface area contributed by atoms with Crippen LogP contribution in [0.1, 0.15) is 17.2 Å². The summed E-state index contributed by atoms with van der Waals surface area (Å²) in [6.07, 6.45) is 1.88. The minimum atomic E-state index is -0.943. The van der Waals surface area contributed by atoms with E-state index in [-0.39, 0.29) is 0 Å². The molecular formula is C15H14ClNO3. The standard InChI is InChI=1S/C15H14ClNO3/c1-20-11-6-4-10(5-7-11)9-12(15(18)19)14-13(16)3-2-8-17-14/h2-8,12H,9H2,1H3,(H,18,19). The van der Waals surface area contributed by atoms with Gasteiger partial charge < -0.3 is 9.84 Å². The molecule has 1 atom stereocenters. The van der Waals surface area contributed by atoms with Crippen LogP contribution in [0.3, 0.4) is 0 Å². The summed E-state index contributed by atoms with van der Waals surface area (Å²) in [5, 5.41) is 9.76. The molecule has 2 rings (SSSR count). The summed E-state index contributed by atoms with van der Waals surface area (Å²) < 4.78 is 5.08. The van der Waals surface area contributed by atoms with Gasteiger partial charge in [0, 0.05) is 6.20 Å². The molecule has 1 unspecified atom stereocenters. The Morgan fingerprint density at radius 1 is 1.35 bits per heavy atom. The Bertz CT molecular complexity index is 598. The molecule has 1 N–H and O–H groups in total. The molecule has 0 spiro atoms. The number of hydrogen-bond donors (Lipinski definition) is 1. The summed E-state index contributed by atoms with van der Waals surface area (Å²) in [6, 6.07) is 10.6. The number of pyridine rings is 1. The van der Waals surface area contributed by atoms with Crippen LogP contribution in [0.5, 0.6) is 5.75 Å². The highest BCUT2D eigenvalue weighted by atomic mass is 35.5. The van der Waals surface area contributed by atoms with Gasteiger partial charge >= 0.3 is 5.97 Å². The van der Waals surface area contributed by atoms with Gasteiger partial charge in [-0.1, -0.05) is 23.7 Å². The molecule has 104 valence electrons. The first kappa shape index (κ1) is 14.3. The molecule has 1 heterocycles. The van der Waals surface area contributed by atoms with Crippen molar-refractivity contribution < 1.29 is 14.6 Å². The summed E-state index contributed by atoms with van der Waals surface area (Å²) in [4.78, 5) is 15.5. The molecule has 0 saturated carbocycles. The molecule has 0 aliphatic carbocycles. The molecule has 0 saturated heterocycles. The van der Waals surface area contributed by atoms with E-state index in [1.54, 1.807) is 37.6 Å². The van der Waals surface area contributed by atoms with E-state index in [2.05, 4.69) is 4.98 Å². The van der Waals surface area contributed by atoms with Crippen LogP contribution in [-0.2, 0) is 11.2 Å². The van der Waals surface area contributed by atoms with Gasteiger partial charge in [-0.2, -0.15) is 0 Å². The molecule has 20 heavy (non-hydrogen) atoms. The van der Waals surface area contributed by atoms with Crippen LogP contribution in [0.15, 0.2) is 42.6 Å². The quantitative estimate of drug-likeness (QED) is 0.919. The zero-order chi connectivity index (χ0) is 14.5. The average Bonchev–Trinajstić information content (AvgIpc) is 2.46. The summed E-state index contributed by atoms with van der Waals surface area (Å²) in [6.45, 7) is 0. The van der Waals surface area contributed by atoms with E-state index in [4.69, 9.17) is 16.3 Å². The highest BCUT2D eigenvalue weighted by Crippen LogP contribution is 2.26. The fraction of sp³-hybridized carbons (Fsp3) is 0.200. The van der Waals surface area contributed by atoms with Gasteiger partial charge in [0.1, 0.15) is 11.7 Å². The maximum Gasteiger partial charge on any atom is 0.312 e. The topological polar surface area (TPSA) is 59.4 Å². The van der Waals surface area contributed by atoms with E-state index in [9.17, 15) is 9.90 Å². The van der Waals surface area contributed by atoms with E-state index in [1.165, 1.54) is 0 Å². The first-order chi connectivity index (χ1) is 9.61. The fourth-order valence-electron chi connectivity index (χ4n) is 1.95. The van der Waals surface area contributed by atoms with Gasteiger partial charge in [-0.15, -0.1) is 0 Å². The molecule has 2 aromatic rings. The summed E-state index contributed by atoms with van der Waals surface area (Å²) in [7, 11) is 1.59. The van der Waals surface area contributed by atoms with Gasteiger partial charge in [0.25, 0.3) is 0 Å². The molecular weight excluding hydrogens is 278 g/mol. The van der Waals surface area contributed by atoms with Crippen molar-refractivity contribution in [2.75, 3.05) is 7.11 Å². The van der Waals surface area contributed by atoms with Gasteiger partial charge in [0.05, 0.1) is 17.8 Å². The number of carboxylic acid groups (broad SMARTS) is 1. The number of carbonyl (C=O) groups is 1. The number of methoxy groups -OCH3 is 1. The van der Waals surface area contributed by atoms with Crippen LogP contribution in [0.2, 0.25) is 5.02 Å².